The number of aryl methyl sites for hydroxylation is 2. The van der Waals surface area contributed by atoms with Crippen LogP contribution in [0.5, 0.6) is 0 Å². The highest BCUT2D eigenvalue weighted by Crippen LogP contribution is 2.22. The van der Waals surface area contributed by atoms with Crippen LogP contribution in [-0.4, -0.2) is 9.78 Å². The first-order valence-electron chi connectivity index (χ1n) is 5.57. The number of hydrogen-bond donors (Lipinski definition) is 1. The van der Waals surface area contributed by atoms with Gasteiger partial charge >= 0.3 is 0 Å². The number of anilines is 1. The van der Waals surface area contributed by atoms with Crippen LogP contribution < -0.4 is 5.32 Å². The van der Waals surface area contributed by atoms with Crippen molar-refractivity contribution in [2.24, 2.45) is 7.05 Å². The molecular formula is C13H16FN3. The largest absolute Gasteiger partial charge is 0.378 e. The Labute approximate surface area is 100 Å². The van der Waals surface area contributed by atoms with Crippen molar-refractivity contribution in [3.63, 3.8) is 0 Å². The summed E-state index contributed by atoms with van der Waals surface area (Å²) in [6, 6.07) is 4.90. The number of rotatable bonds is 3. The van der Waals surface area contributed by atoms with Crippen LogP contribution in [0.25, 0.3) is 0 Å². The maximum atomic E-state index is 13.0. The highest BCUT2D eigenvalue weighted by molar-refractivity contribution is 5.51. The van der Waals surface area contributed by atoms with Gasteiger partial charge in [0.1, 0.15) is 5.82 Å². The Bertz CT molecular complexity index is 519. The topological polar surface area (TPSA) is 29.9 Å². The lowest BCUT2D eigenvalue weighted by Crippen LogP contribution is -2.07. The van der Waals surface area contributed by atoms with Crippen LogP contribution in [0.15, 0.2) is 30.6 Å². The van der Waals surface area contributed by atoms with Gasteiger partial charge in [-0.3, -0.25) is 4.68 Å². The van der Waals surface area contributed by atoms with Gasteiger partial charge in [-0.1, -0.05) is 0 Å². The van der Waals surface area contributed by atoms with Crippen molar-refractivity contribution in [3.05, 3.63) is 47.5 Å². The Kier molecular flexibility index (Phi) is 3.13. The number of hydrogen-bond acceptors (Lipinski definition) is 2. The molecule has 0 amide bonds. The zero-order valence-corrected chi connectivity index (χ0v) is 10.2. The predicted octanol–water partition coefficient (Wildman–Crippen LogP) is 3.04. The Balaban J connectivity index is 2.15. The van der Waals surface area contributed by atoms with Crippen molar-refractivity contribution in [1.29, 1.82) is 0 Å². The first-order chi connectivity index (χ1) is 8.06. The van der Waals surface area contributed by atoms with Gasteiger partial charge in [-0.05, 0) is 37.6 Å². The van der Waals surface area contributed by atoms with Crippen molar-refractivity contribution < 1.29 is 4.39 Å². The van der Waals surface area contributed by atoms with Crippen LogP contribution in [0.2, 0.25) is 0 Å². The van der Waals surface area contributed by atoms with Gasteiger partial charge in [0.2, 0.25) is 0 Å². The lowest BCUT2D eigenvalue weighted by Gasteiger charge is -2.15. The molecule has 0 spiro atoms. The fraction of sp³-hybridized carbons (Fsp3) is 0.308. The van der Waals surface area contributed by atoms with E-state index < -0.39 is 0 Å². The highest BCUT2D eigenvalue weighted by Gasteiger charge is 2.08. The van der Waals surface area contributed by atoms with Gasteiger partial charge in [-0.25, -0.2) is 4.39 Å². The Hall–Kier alpha value is -1.84. The molecule has 0 bridgehead atoms. The molecular weight excluding hydrogens is 217 g/mol. The lowest BCUT2D eigenvalue weighted by atomic mass is 10.1. The van der Waals surface area contributed by atoms with E-state index in [-0.39, 0.29) is 11.9 Å². The molecule has 1 aromatic carbocycles. The minimum atomic E-state index is -0.206. The third kappa shape index (κ3) is 2.64. The summed E-state index contributed by atoms with van der Waals surface area (Å²) in [4.78, 5) is 0. The average molecular weight is 233 g/mol. The third-order valence-electron chi connectivity index (χ3n) is 2.79. The Morgan fingerprint density at radius 1 is 1.41 bits per heavy atom. The first-order valence-corrected chi connectivity index (χ1v) is 5.57. The minimum absolute atomic E-state index is 0.146. The van der Waals surface area contributed by atoms with Crippen LogP contribution in [-0.2, 0) is 7.05 Å². The number of benzene rings is 1. The fourth-order valence-electron chi connectivity index (χ4n) is 1.77. The van der Waals surface area contributed by atoms with Crippen molar-refractivity contribution in [2.45, 2.75) is 19.9 Å². The van der Waals surface area contributed by atoms with Gasteiger partial charge < -0.3 is 5.32 Å². The number of nitrogens with zero attached hydrogens (tertiary/aromatic N) is 2. The molecule has 0 radical (unpaired) electrons. The summed E-state index contributed by atoms with van der Waals surface area (Å²) in [7, 11) is 1.89. The molecule has 2 rings (SSSR count). The maximum absolute atomic E-state index is 13.0. The zero-order chi connectivity index (χ0) is 12.4. The molecule has 1 unspecified atom stereocenters. The second kappa shape index (κ2) is 4.57. The molecule has 3 nitrogen and oxygen atoms in total. The standard InChI is InChI=1S/C13H16FN3/c1-9-6-12(14)4-5-13(9)16-10(2)11-7-15-17(3)8-11/h4-8,10,16H,1-3H3. The summed E-state index contributed by atoms with van der Waals surface area (Å²) in [5, 5.41) is 7.48. The smallest absolute Gasteiger partial charge is 0.123 e. The molecule has 1 aromatic heterocycles. The van der Waals surface area contributed by atoms with Crippen LogP contribution in [0.3, 0.4) is 0 Å². The lowest BCUT2D eigenvalue weighted by molar-refractivity contribution is 0.626. The second-order valence-electron chi connectivity index (χ2n) is 4.27. The Morgan fingerprint density at radius 2 is 2.18 bits per heavy atom. The van der Waals surface area contributed by atoms with Gasteiger partial charge in [0.25, 0.3) is 0 Å². The van der Waals surface area contributed by atoms with Crippen molar-refractivity contribution in [1.82, 2.24) is 9.78 Å². The highest BCUT2D eigenvalue weighted by atomic mass is 19.1. The Morgan fingerprint density at radius 3 is 2.76 bits per heavy atom. The van der Waals surface area contributed by atoms with E-state index in [1.54, 1.807) is 10.7 Å². The number of halogens is 1. The zero-order valence-electron chi connectivity index (χ0n) is 10.2. The molecule has 17 heavy (non-hydrogen) atoms. The summed E-state index contributed by atoms with van der Waals surface area (Å²) < 4.78 is 14.7. The van der Waals surface area contributed by atoms with Gasteiger partial charge in [0, 0.05) is 24.5 Å². The third-order valence-corrected chi connectivity index (χ3v) is 2.79. The minimum Gasteiger partial charge on any atom is -0.378 e. The molecule has 2 aromatic rings. The molecule has 0 aliphatic carbocycles. The van der Waals surface area contributed by atoms with Crippen LogP contribution >= 0.6 is 0 Å². The van der Waals surface area contributed by atoms with Crippen LogP contribution in [0, 0.1) is 12.7 Å². The molecule has 90 valence electrons. The molecule has 4 heteroatoms. The van der Waals surface area contributed by atoms with E-state index in [4.69, 9.17) is 0 Å². The van der Waals surface area contributed by atoms with Gasteiger partial charge in [-0.2, -0.15) is 5.10 Å². The normalized spacial score (nSPS) is 12.5. The monoisotopic (exact) mass is 233 g/mol. The van der Waals surface area contributed by atoms with Crippen molar-refractivity contribution >= 4 is 5.69 Å². The van der Waals surface area contributed by atoms with E-state index in [1.807, 2.05) is 26.4 Å². The van der Waals surface area contributed by atoms with Gasteiger partial charge in [0.05, 0.1) is 12.2 Å². The van der Waals surface area contributed by atoms with Crippen molar-refractivity contribution in [3.8, 4) is 0 Å². The molecule has 0 saturated carbocycles. The molecule has 0 aliphatic heterocycles. The van der Waals surface area contributed by atoms with Gasteiger partial charge in [-0.15, -0.1) is 0 Å². The second-order valence-corrected chi connectivity index (χ2v) is 4.27. The van der Waals surface area contributed by atoms with E-state index in [9.17, 15) is 4.39 Å². The number of aromatic nitrogens is 2. The van der Waals surface area contributed by atoms with E-state index in [0.717, 1.165) is 16.8 Å². The van der Waals surface area contributed by atoms with Gasteiger partial charge in [0.15, 0.2) is 0 Å². The van der Waals surface area contributed by atoms with E-state index in [0.29, 0.717) is 0 Å². The van der Waals surface area contributed by atoms with E-state index in [1.165, 1.54) is 12.1 Å². The molecule has 1 N–H and O–H groups in total. The summed E-state index contributed by atoms with van der Waals surface area (Å²) in [5.41, 5.74) is 2.96. The quantitative estimate of drug-likeness (QED) is 0.883. The van der Waals surface area contributed by atoms with E-state index >= 15 is 0 Å². The molecule has 1 atom stereocenters. The summed E-state index contributed by atoms with van der Waals surface area (Å²) in [5.74, 6) is -0.206. The number of nitrogens with one attached hydrogen (secondary N) is 1. The summed E-state index contributed by atoms with van der Waals surface area (Å²) in [6.45, 7) is 3.95. The summed E-state index contributed by atoms with van der Waals surface area (Å²) in [6.07, 6.45) is 3.80. The summed E-state index contributed by atoms with van der Waals surface area (Å²) >= 11 is 0. The van der Waals surface area contributed by atoms with Crippen LogP contribution in [0.1, 0.15) is 24.1 Å². The molecule has 1 heterocycles. The SMILES string of the molecule is Cc1cc(F)ccc1NC(C)c1cnn(C)c1. The van der Waals surface area contributed by atoms with E-state index in [2.05, 4.69) is 17.3 Å². The maximum Gasteiger partial charge on any atom is 0.123 e. The first kappa shape index (κ1) is 11.6. The fourth-order valence-corrected chi connectivity index (χ4v) is 1.77. The van der Waals surface area contributed by atoms with Crippen LogP contribution in [0.4, 0.5) is 10.1 Å². The molecule has 0 aliphatic rings. The van der Waals surface area contributed by atoms with Crippen molar-refractivity contribution in [2.75, 3.05) is 5.32 Å². The molecule has 0 fully saturated rings. The predicted molar refractivity (Wildman–Crippen MR) is 66.4 cm³/mol. The molecule has 0 saturated heterocycles. The average Bonchev–Trinajstić information content (AvgIpc) is 2.69.